The second-order valence-corrected chi connectivity index (χ2v) is 5.77. The van der Waals surface area contributed by atoms with Crippen molar-refractivity contribution >= 4 is 11.8 Å². The maximum Gasteiger partial charge on any atom is 0.341 e. The maximum absolute atomic E-state index is 12.0. The van der Waals surface area contributed by atoms with Gasteiger partial charge in [0.05, 0.1) is 6.61 Å². The van der Waals surface area contributed by atoms with Gasteiger partial charge in [-0.15, -0.1) is 0 Å². The first-order valence-corrected chi connectivity index (χ1v) is 7.85. The van der Waals surface area contributed by atoms with E-state index in [2.05, 4.69) is 28.7 Å². The number of esters is 1. The first-order chi connectivity index (χ1) is 10.6. The Bertz CT molecular complexity index is 522. The van der Waals surface area contributed by atoms with Crippen LogP contribution in [-0.4, -0.2) is 48.1 Å². The Morgan fingerprint density at radius 3 is 2.86 bits per heavy atom. The first-order valence-electron chi connectivity index (χ1n) is 7.85. The van der Waals surface area contributed by atoms with E-state index < -0.39 is 0 Å². The van der Waals surface area contributed by atoms with Crippen molar-refractivity contribution in [2.75, 3.05) is 31.6 Å². The number of rotatable bonds is 6. The molecule has 1 saturated heterocycles. The highest BCUT2D eigenvalue weighted by atomic mass is 16.5. The Balaban J connectivity index is 1.95. The fourth-order valence-corrected chi connectivity index (χ4v) is 2.70. The van der Waals surface area contributed by atoms with E-state index in [1.54, 1.807) is 25.3 Å². The van der Waals surface area contributed by atoms with Crippen molar-refractivity contribution in [2.24, 2.45) is 0 Å². The third kappa shape index (κ3) is 4.56. The molecule has 5 nitrogen and oxygen atoms in total. The zero-order chi connectivity index (χ0) is 15.9. The summed E-state index contributed by atoms with van der Waals surface area (Å²) in [6.07, 6.45) is 3.76. The number of aromatic nitrogens is 1. The molecule has 1 fully saturated rings. The van der Waals surface area contributed by atoms with Gasteiger partial charge >= 0.3 is 5.97 Å². The summed E-state index contributed by atoms with van der Waals surface area (Å²) in [6.45, 7) is 11.2. The van der Waals surface area contributed by atoms with Gasteiger partial charge in [0.25, 0.3) is 0 Å². The number of nitrogens with one attached hydrogen (secondary N) is 1. The van der Waals surface area contributed by atoms with Gasteiger partial charge < -0.3 is 10.1 Å². The van der Waals surface area contributed by atoms with Crippen LogP contribution in [0, 0.1) is 0 Å². The number of likely N-dealkylation sites (tertiary alicyclic amines) is 1. The number of carbonyl (C=O) groups is 1. The van der Waals surface area contributed by atoms with Crippen molar-refractivity contribution in [2.45, 2.75) is 32.7 Å². The molecular formula is C17H25N3O2. The monoisotopic (exact) mass is 303 g/mol. The number of carbonyl (C=O) groups excluding carboxylic acids is 1. The lowest BCUT2D eigenvalue weighted by molar-refractivity contribution is 0.0527. The summed E-state index contributed by atoms with van der Waals surface area (Å²) in [5.74, 6) is 0.303. The molecule has 1 aliphatic rings. The van der Waals surface area contributed by atoms with E-state index in [1.807, 2.05) is 0 Å². The smallest absolute Gasteiger partial charge is 0.341 e. The minimum absolute atomic E-state index is 0.321. The summed E-state index contributed by atoms with van der Waals surface area (Å²) in [6, 6.07) is 3.85. The van der Waals surface area contributed by atoms with Crippen LogP contribution in [0.3, 0.4) is 0 Å². The summed E-state index contributed by atoms with van der Waals surface area (Å²) in [7, 11) is 0. The Kier molecular flexibility index (Phi) is 5.95. The average molecular weight is 303 g/mol. The molecule has 5 heteroatoms. The average Bonchev–Trinajstić information content (AvgIpc) is 2.49. The number of piperidine rings is 1. The van der Waals surface area contributed by atoms with Gasteiger partial charge in [0, 0.05) is 31.9 Å². The van der Waals surface area contributed by atoms with E-state index in [4.69, 9.17) is 4.74 Å². The summed E-state index contributed by atoms with van der Waals surface area (Å²) < 4.78 is 5.08. The van der Waals surface area contributed by atoms with Gasteiger partial charge in [-0.3, -0.25) is 4.90 Å². The van der Waals surface area contributed by atoms with Gasteiger partial charge in [0.2, 0.25) is 0 Å². The van der Waals surface area contributed by atoms with E-state index in [-0.39, 0.29) is 5.97 Å². The minimum atomic E-state index is -0.321. The van der Waals surface area contributed by atoms with Crippen molar-refractivity contribution < 1.29 is 9.53 Å². The molecule has 120 valence electrons. The lowest BCUT2D eigenvalue weighted by Crippen LogP contribution is -2.40. The Hall–Kier alpha value is -1.88. The summed E-state index contributed by atoms with van der Waals surface area (Å²) in [5.41, 5.74) is 1.70. The van der Waals surface area contributed by atoms with Crippen LogP contribution in [0.25, 0.3) is 0 Å². The van der Waals surface area contributed by atoms with E-state index in [0.717, 1.165) is 32.5 Å². The highest BCUT2D eigenvalue weighted by Crippen LogP contribution is 2.19. The van der Waals surface area contributed by atoms with Gasteiger partial charge in [0.1, 0.15) is 11.4 Å². The molecule has 22 heavy (non-hydrogen) atoms. The quantitative estimate of drug-likeness (QED) is 0.647. The second-order valence-electron chi connectivity index (χ2n) is 5.77. The molecular weight excluding hydrogens is 278 g/mol. The molecule has 2 heterocycles. The van der Waals surface area contributed by atoms with E-state index in [1.165, 1.54) is 5.57 Å². The van der Waals surface area contributed by atoms with Crippen LogP contribution < -0.4 is 5.32 Å². The molecule has 0 spiro atoms. The fraction of sp³-hybridized carbons (Fsp3) is 0.529. The molecule has 0 saturated carbocycles. The van der Waals surface area contributed by atoms with Crippen molar-refractivity contribution in [3.63, 3.8) is 0 Å². The van der Waals surface area contributed by atoms with Gasteiger partial charge in [-0.05, 0) is 38.8 Å². The van der Waals surface area contributed by atoms with Crippen LogP contribution in [0.2, 0.25) is 0 Å². The predicted octanol–water partition coefficient (Wildman–Crippen LogP) is 2.71. The summed E-state index contributed by atoms with van der Waals surface area (Å²) >= 11 is 0. The van der Waals surface area contributed by atoms with Crippen molar-refractivity contribution in [3.8, 4) is 0 Å². The Morgan fingerprint density at radius 1 is 1.50 bits per heavy atom. The van der Waals surface area contributed by atoms with Crippen molar-refractivity contribution in [1.82, 2.24) is 9.88 Å². The van der Waals surface area contributed by atoms with E-state index in [0.29, 0.717) is 24.0 Å². The molecule has 1 N–H and O–H groups in total. The van der Waals surface area contributed by atoms with Gasteiger partial charge in [-0.2, -0.15) is 0 Å². The highest BCUT2D eigenvalue weighted by Gasteiger charge is 2.21. The lowest BCUT2D eigenvalue weighted by atomic mass is 10.0. The van der Waals surface area contributed by atoms with Gasteiger partial charge in [0.15, 0.2) is 0 Å². The molecule has 1 aliphatic heterocycles. The molecule has 0 aromatic carbocycles. The third-order valence-electron chi connectivity index (χ3n) is 3.73. The number of hydrogen-bond donors (Lipinski definition) is 1. The van der Waals surface area contributed by atoms with Crippen LogP contribution in [0.1, 0.15) is 37.0 Å². The molecule has 1 aromatic rings. The molecule has 0 atom stereocenters. The Morgan fingerprint density at radius 2 is 2.23 bits per heavy atom. The van der Waals surface area contributed by atoms with Crippen LogP contribution in [0.4, 0.5) is 5.82 Å². The van der Waals surface area contributed by atoms with Crippen molar-refractivity contribution in [3.05, 3.63) is 36.0 Å². The SMILES string of the molecule is C=C(C)CN1CCC(Nc2ncccc2C(=O)OCC)CC1. The molecule has 0 unspecified atom stereocenters. The molecule has 0 amide bonds. The largest absolute Gasteiger partial charge is 0.462 e. The number of pyridine rings is 1. The summed E-state index contributed by atoms with van der Waals surface area (Å²) in [5, 5.41) is 3.40. The molecule has 0 aliphatic carbocycles. The zero-order valence-electron chi connectivity index (χ0n) is 13.5. The van der Waals surface area contributed by atoms with Crippen LogP contribution >= 0.6 is 0 Å². The van der Waals surface area contributed by atoms with Crippen LogP contribution in [-0.2, 0) is 4.74 Å². The number of anilines is 1. The van der Waals surface area contributed by atoms with Crippen molar-refractivity contribution in [1.29, 1.82) is 0 Å². The first kappa shape index (κ1) is 16.5. The predicted molar refractivity (Wildman–Crippen MR) is 88.1 cm³/mol. The molecule has 0 radical (unpaired) electrons. The highest BCUT2D eigenvalue weighted by molar-refractivity contribution is 5.94. The van der Waals surface area contributed by atoms with E-state index >= 15 is 0 Å². The number of hydrogen-bond acceptors (Lipinski definition) is 5. The Labute approximate surface area is 132 Å². The summed E-state index contributed by atoms with van der Waals surface area (Å²) in [4.78, 5) is 18.7. The maximum atomic E-state index is 12.0. The van der Waals surface area contributed by atoms with E-state index in [9.17, 15) is 4.79 Å². The third-order valence-corrected chi connectivity index (χ3v) is 3.73. The zero-order valence-corrected chi connectivity index (χ0v) is 13.5. The minimum Gasteiger partial charge on any atom is -0.462 e. The second kappa shape index (κ2) is 7.94. The topological polar surface area (TPSA) is 54.5 Å². The fourth-order valence-electron chi connectivity index (χ4n) is 2.70. The van der Waals surface area contributed by atoms with Crippen LogP contribution in [0.5, 0.6) is 0 Å². The van der Waals surface area contributed by atoms with Crippen LogP contribution in [0.15, 0.2) is 30.5 Å². The number of ether oxygens (including phenoxy) is 1. The molecule has 0 bridgehead atoms. The lowest BCUT2D eigenvalue weighted by Gasteiger charge is -2.32. The molecule has 1 aromatic heterocycles. The standard InChI is InChI=1S/C17H25N3O2/c1-4-22-17(21)15-6-5-9-18-16(15)19-14-7-10-20(11-8-14)12-13(2)3/h5-6,9,14H,2,4,7-8,10-12H2,1,3H3,(H,18,19). The van der Waals surface area contributed by atoms with Gasteiger partial charge in [-0.1, -0.05) is 12.2 Å². The molecule has 2 rings (SSSR count). The number of nitrogens with zero attached hydrogens (tertiary/aromatic N) is 2. The van der Waals surface area contributed by atoms with Gasteiger partial charge in [-0.25, -0.2) is 9.78 Å². The normalized spacial score (nSPS) is 16.3.